The van der Waals surface area contributed by atoms with Gasteiger partial charge in [-0.2, -0.15) is 0 Å². The van der Waals surface area contributed by atoms with Crippen molar-refractivity contribution in [3.63, 3.8) is 0 Å². The predicted molar refractivity (Wildman–Crippen MR) is 81.3 cm³/mol. The Balaban J connectivity index is 2.01. The average molecular weight is 303 g/mol. The third-order valence-corrected chi connectivity index (χ3v) is 4.65. The van der Waals surface area contributed by atoms with Crippen LogP contribution in [0.5, 0.6) is 0 Å². The Hall–Kier alpha value is -2.14. The van der Waals surface area contributed by atoms with Crippen LogP contribution in [0.4, 0.5) is 0 Å². The number of rotatable bonds is 5. The zero-order valence-electron chi connectivity index (χ0n) is 11.7. The zero-order chi connectivity index (χ0) is 15.3. The number of amides is 1. The van der Waals surface area contributed by atoms with Crippen LogP contribution in [0, 0.1) is 6.92 Å². The summed E-state index contributed by atoms with van der Waals surface area (Å²) < 4.78 is 26.4. The second-order valence-electron chi connectivity index (χ2n) is 4.78. The first kappa shape index (κ1) is 15.3. The van der Waals surface area contributed by atoms with E-state index < -0.39 is 15.9 Å². The predicted octanol–water partition coefficient (Wildman–Crippen LogP) is 2.43. The van der Waals surface area contributed by atoms with Gasteiger partial charge in [-0.05, 0) is 30.5 Å². The minimum atomic E-state index is -3.79. The van der Waals surface area contributed by atoms with Gasteiger partial charge in [0.1, 0.15) is 0 Å². The van der Waals surface area contributed by atoms with Crippen molar-refractivity contribution in [2.75, 3.05) is 0 Å². The number of hydrogen-bond donors (Lipinski definition) is 1. The van der Waals surface area contributed by atoms with Crippen molar-refractivity contribution in [1.82, 2.24) is 4.72 Å². The Labute approximate surface area is 124 Å². The molecule has 1 N–H and O–H groups in total. The zero-order valence-corrected chi connectivity index (χ0v) is 12.6. The van der Waals surface area contributed by atoms with E-state index in [1.54, 1.807) is 25.1 Å². The van der Waals surface area contributed by atoms with E-state index >= 15 is 0 Å². The van der Waals surface area contributed by atoms with Crippen LogP contribution in [0.15, 0.2) is 59.5 Å². The second kappa shape index (κ2) is 6.54. The smallest absolute Gasteiger partial charge is 0.264 e. The van der Waals surface area contributed by atoms with Crippen LogP contribution in [-0.2, 0) is 21.2 Å². The van der Waals surface area contributed by atoms with Crippen molar-refractivity contribution in [3.05, 3.63) is 65.7 Å². The maximum Gasteiger partial charge on any atom is 0.264 e. The highest BCUT2D eigenvalue weighted by molar-refractivity contribution is 7.90. The van der Waals surface area contributed by atoms with Crippen molar-refractivity contribution >= 4 is 15.9 Å². The number of hydrogen-bond acceptors (Lipinski definition) is 3. The molecule has 0 bridgehead atoms. The molecular formula is C16H17NO3S. The third kappa shape index (κ3) is 4.16. The Bertz CT molecular complexity index is 724. The summed E-state index contributed by atoms with van der Waals surface area (Å²) in [6, 6.07) is 16.1. The van der Waals surface area contributed by atoms with E-state index in [0.29, 0.717) is 12.0 Å². The van der Waals surface area contributed by atoms with Gasteiger partial charge in [-0.25, -0.2) is 13.1 Å². The quantitative estimate of drug-likeness (QED) is 0.922. The molecule has 0 fully saturated rings. The number of nitrogens with one attached hydrogen (secondary N) is 1. The molecule has 21 heavy (non-hydrogen) atoms. The van der Waals surface area contributed by atoms with Gasteiger partial charge >= 0.3 is 0 Å². The third-order valence-electron chi connectivity index (χ3n) is 3.11. The lowest BCUT2D eigenvalue weighted by Crippen LogP contribution is -2.31. The molecule has 0 aliphatic rings. The lowest BCUT2D eigenvalue weighted by Gasteiger charge is -2.09. The normalized spacial score (nSPS) is 11.1. The fourth-order valence-corrected chi connectivity index (χ4v) is 3.28. The summed E-state index contributed by atoms with van der Waals surface area (Å²) in [7, 11) is -3.79. The van der Waals surface area contributed by atoms with Crippen LogP contribution in [0.3, 0.4) is 0 Å². The second-order valence-corrected chi connectivity index (χ2v) is 6.43. The van der Waals surface area contributed by atoms with Gasteiger partial charge in [0.2, 0.25) is 5.91 Å². The van der Waals surface area contributed by atoms with Gasteiger partial charge in [-0.15, -0.1) is 0 Å². The highest BCUT2D eigenvalue weighted by Gasteiger charge is 2.18. The van der Waals surface area contributed by atoms with Gasteiger partial charge in [-0.3, -0.25) is 4.79 Å². The van der Waals surface area contributed by atoms with Gasteiger partial charge in [0, 0.05) is 6.42 Å². The number of aryl methyl sites for hydroxylation is 2. The standard InChI is InChI=1S/C16H17NO3S/c1-13-7-5-6-10-15(13)21(19,20)17-16(18)12-11-14-8-3-2-4-9-14/h2-10H,11-12H2,1H3,(H,17,18). The lowest BCUT2D eigenvalue weighted by molar-refractivity contribution is -0.119. The molecule has 0 aromatic heterocycles. The highest BCUT2D eigenvalue weighted by Crippen LogP contribution is 2.14. The summed E-state index contributed by atoms with van der Waals surface area (Å²) in [5.74, 6) is -0.498. The van der Waals surface area contributed by atoms with E-state index in [1.807, 2.05) is 30.3 Å². The van der Waals surface area contributed by atoms with E-state index in [0.717, 1.165) is 5.56 Å². The fourth-order valence-electron chi connectivity index (χ4n) is 2.02. The molecule has 1 amide bonds. The first-order chi connectivity index (χ1) is 9.99. The van der Waals surface area contributed by atoms with Crippen molar-refractivity contribution < 1.29 is 13.2 Å². The molecule has 0 heterocycles. The molecule has 0 unspecified atom stereocenters. The van der Waals surface area contributed by atoms with E-state index in [9.17, 15) is 13.2 Å². The molecule has 2 aromatic carbocycles. The molecule has 2 rings (SSSR count). The average Bonchev–Trinajstić information content (AvgIpc) is 2.46. The Morgan fingerprint density at radius 3 is 2.29 bits per heavy atom. The van der Waals surface area contributed by atoms with Gasteiger partial charge < -0.3 is 0 Å². The number of sulfonamides is 1. The minimum absolute atomic E-state index is 0.134. The summed E-state index contributed by atoms with van der Waals surface area (Å²) in [6.45, 7) is 1.70. The minimum Gasteiger partial charge on any atom is -0.274 e. The molecule has 110 valence electrons. The Kier molecular flexibility index (Phi) is 4.75. The Morgan fingerprint density at radius 1 is 1.00 bits per heavy atom. The summed E-state index contributed by atoms with van der Waals surface area (Å²) >= 11 is 0. The summed E-state index contributed by atoms with van der Waals surface area (Å²) in [5, 5.41) is 0. The highest BCUT2D eigenvalue weighted by atomic mass is 32.2. The van der Waals surface area contributed by atoms with Crippen LogP contribution in [-0.4, -0.2) is 14.3 Å². The first-order valence-electron chi connectivity index (χ1n) is 6.64. The van der Waals surface area contributed by atoms with Crippen molar-refractivity contribution in [2.45, 2.75) is 24.7 Å². The van der Waals surface area contributed by atoms with E-state index in [1.165, 1.54) is 6.07 Å². The lowest BCUT2D eigenvalue weighted by atomic mass is 10.1. The molecule has 0 saturated carbocycles. The van der Waals surface area contributed by atoms with E-state index in [2.05, 4.69) is 4.72 Å². The summed E-state index contributed by atoms with van der Waals surface area (Å²) in [5.41, 5.74) is 1.61. The molecule has 0 atom stereocenters. The van der Waals surface area contributed by atoms with Gasteiger partial charge in [0.25, 0.3) is 10.0 Å². The SMILES string of the molecule is Cc1ccccc1S(=O)(=O)NC(=O)CCc1ccccc1. The van der Waals surface area contributed by atoms with Crippen LogP contribution in [0.1, 0.15) is 17.5 Å². The molecule has 0 aliphatic carbocycles. The molecule has 0 spiro atoms. The maximum atomic E-state index is 12.1. The molecule has 5 heteroatoms. The number of benzene rings is 2. The topological polar surface area (TPSA) is 63.2 Å². The Morgan fingerprint density at radius 2 is 1.62 bits per heavy atom. The van der Waals surface area contributed by atoms with Crippen molar-refractivity contribution in [2.24, 2.45) is 0 Å². The number of carbonyl (C=O) groups excluding carboxylic acids is 1. The van der Waals surface area contributed by atoms with Gasteiger partial charge in [-0.1, -0.05) is 48.5 Å². The molecule has 2 aromatic rings. The largest absolute Gasteiger partial charge is 0.274 e. The molecule has 0 saturated heterocycles. The number of carbonyl (C=O) groups is 1. The van der Waals surface area contributed by atoms with Crippen molar-refractivity contribution in [1.29, 1.82) is 0 Å². The molecule has 4 nitrogen and oxygen atoms in total. The summed E-state index contributed by atoms with van der Waals surface area (Å²) in [6.07, 6.45) is 0.644. The van der Waals surface area contributed by atoms with Crippen molar-refractivity contribution in [3.8, 4) is 0 Å². The van der Waals surface area contributed by atoms with Crippen LogP contribution < -0.4 is 4.72 Å². The van der Waals surface area contributed by atoms with Crippen LogP contribution in [0.2, 0.25) is 0 Å². The first-order valence-corrected chi connectivity index (χ1v) is 8.12. The molecule has 0 radical (unpaired) electrons. The molecular weight excluding hydrogens is 286 g/mol. The van der Waals surface area contributed by atoms with Gasteiger partial charge in [0.15, 0.2) is 0 Å². The molecule has 0 aliphatic heterocycles. The summed E-state index contributed by atoms with van der Waals surface area (Å²) in [4.78, 5) is 12.0. The maximum absolute atomic E-state index is 12.1. The van der Waals surface area contributed by atoms with E-state index in [-0.39, 0.29) is 11.3 Å². The van der Waals surface area contributed by atoms with Crippen LogP contribution in [0.25, 0.3) is 0 Å². The van der Waals surface area contributed by atoms with E-state index in [4.69, 9.17) is 0 Å². The van der Waals surface area contributed by atoms with Crippen LogP contribution >= 0.6 is 0 Å². The fraction of sp³-hybridized carbons (Fsp3) is 0.188. The van der Waals surface area contributed by atoms with Gasteiger partial charge in [0.05, 0.1) is 4.90 Å². The monoisotopic (exact) mass is 303 g/mol.